The largest absolute Gasteiger partial charge is 0.508 e. The molecule has 1 unspecified atom stereocenters. The maximum Gasteiger partial charge on any atom is 0.173 e. The van der Waals surface area contributed by atoms with E-state index in [4.69, 9.17) is 11.6 Å². The van der Waals surface area contributed by atoms with Crippen LogP contribution in [0.3, 0.4) is 0 Å². The lowest BCUT2D eigenvalue weighted by Gasteiger charge is -2.11. The van der Waals surface area contributed by atoms with Crippen molar-refractivity contribution in [3.05, 3.63) is 64.1 Å². The van der Waals surface area contributed by atoms with Crippen LogP contribution in [0, 0.1) is 0 Å². The van der Waals surface area contributed by atoms with Gasteiger partial charge in [-0.1, -0.05) is 17.7 Å². The number of fused-ring (bicyclic) bond motifs is 1. The molecule has 0 amide bonds. The van der Waals surface area contributed by atoms with E-state index in [2.05, 4.69) is 10.3 Å². The van der Waals surface area contributed by atoms with Crippen molar-refractivity contribution in [2.24, 2.45) is 0 Å². The maximum absolute atomic E-state index is 12.9. The van der Waals surface area contributed by atoms with Crippen LogP contribution in [-0.2, 0) is 0 Å². The summed E-state index contributed by atoms with van der Waals surface area (Å²) in [6, 6.07) is 10.4. The molecule has 1 aliphatic rings. The number of hydrogen-bond acceptors (Lipinski definition) is 5. The summed E-state index contributed by atoms with van der Waals surface area (Å²) in [5, 5.41) is 15.2. The standard InChI is InChI=1S/C18H13ClN2O2S/c19-15-4-3-11(22)7-13(15)17(23)14-9-21-18-12(14)6-10(8-20-18)16-2-1-5-24-16/h1-8,14,22H,9H2,(H,20,21). The number of carbonyl (C=O) groups is 1. The molecule has 3 heterocycles. The molecule has 24 heavy (non-hydrogen) atoms. The van der Waals surface area contributed by atoms with Gasteiger partial charge in [0.25, 0.3) is 0 Å². The molecule has 6 heteroatoms. The van der Waals surface area contributed by atoms with Gasteiger partial charge in [-0.15, -0.1) is 11.3 Å². The summed E-state index contributed by atoms with van der Waals surface area (Å²) in [5.74, 6) is 0.267. The SMILES string of the molecule is O=C(c1cc(O)ccc1Cl)C1CNc2ncc(-c3cccs3)cc21. The zero-order chi connectivity index (χ0) is 16.7. The number of hydrogen-bond donors (Lipinski definition) is 2. The second kappa shape index (κ2) is 5.92. The van der Waals surface area contributed by atoms with Gasteiger partial charge in [0.2, 0.25) is 0 Å². The van der Waals surface area contributed by atoms with E-state index in [1.165, 1.54) is 18.2 Å². The van der Waals surface area contributed by atoms with Crippen molar-refractivity contribution < 1.29 is 9.90 Å². The summed E-state index contributed by atoms with van der Waals surface area (Å²) in [4.78, 5) is 18.5. The van der Waals surface area contributed by atoms with Gasteiger partial charge < -0.3 is 10.4 Å². The number of ketones is 1. The van der Waals surface area contributed by atoms with Crippen LogP contribution < -0.4 is 5.32 Å². The molecule has 0 aliphatic carbocycles. The molecule has 4 nitrogen and oxygen atoms in total. The van der Waals surface area contributed by atoms with Crippen LogP contribution in [0.15, 0.2) is 48.0 Å². The Labute approximate surface area is 147 Å². The number of phenolic OH excluding ortho intramolecular Hbond substituents is 1. The number of nitrogens with zero attached hydrogens (tertiary/aromatic N) is 1. The Bertz CT molecular complexity index is 925. The average molecular weight is 357 g/mol. The Morgan fingerprint density at radius 3 is 3.00 bits per heavy atom. The number of pyridine rings is 1. The van der Waals surface area contributed by atoms with Crippen molar-refractivity contribution >= 4 is 34.5 Å². The molecule has 1 aromatic carbocycles. The lowest BCUT2D eigenvalue weighted by Crippen LogP contribution is -2.15. The number of benzene rings is 1. The van der Waals surface area contributed by atoms with Crippen LogP contribution in [0.1, 0.15) is 21.8 Å². The molecule has 0 saturated heterocycles. The molecule has 3 aromatic rings. The predicted molar refractivity (Wildman–Crippen MR) is 96.2 cm³/mol. The molecule has 1 aliphatic heterocycles. The van der Waals surface area contributed by atoms with Gasteiger partial charge in [-0.25, -0.2) is 4.98 Å². The second-order valence-corrected chi connectivity index (χ2v) is 6.96. The molecule has 0 radical (unpaired) electrons. The van der Waals surface area contributed by atoms with Crippen LogP contribution in [0.25, 0.3) is 10.4 Å². The second-order valence-electron chi connectivity index (χ2n) is 5.60. The number of aromatic nitrogens is 1. The minimum absolute atomic E-state index is 0.0272. The van der Waals surface area contributed by atoms with Crippen LogP contribution in [-0.4, -0.2) is 22.4 Å². The van der Waals surface area contributed by atoms with Gasteiger partial charge in [-0.05, 0) is 35.7 Å². The molecule has 4 rings (SSSR count). The van der Waals surface area contributed by atoms with E-state index in [1.54, 1.807) is 11.3 Å². The summed E-state index contributed by atoms with van der Waals surface area (Å²) < 4.78 is 0. The lowest BCUT2D eigenvalue weighted by atomic mass is 9.92. The first-order valence-corrected chi connectivity index (χ1v) is 8.69. The van der Waals surface area contributed by atoms with E-state index in [0.717, 1.165) is 21.8 Å². The van der Waals surface area contributed by atoms with Crippen molar-refractivity contribution in [2.45, 2.75) is 5.92 Å². The van der Waals surface area contributed by atoms with Gasteiger partial charge in [0.15, 0.2) is 5.78 Å². The Morgan fingerprint density at radius 1 is 1.33 bits per heavy atom. The molecule has 0 bridgehead atoms. The highest BCUT2D eigenvalue weighted by Crippen LogP contribution is 2.37. The van der Waals surface area contributed by atoms with Crippen molar-refractivity contribution in [2.75, 3.05) is 11.9 Å². The van der Waals surface area contributed by atoms with Gasteiger partial charge in [0, 0.05) is 34.3 Å². The Morgan fingerprint density at radius 2 is 2.21 bits per heavy atom. The molecule has 2 aromatic heterocycles. The Hall–Kier alpha value is -2.37. The van der Waals surface area contributed by atoms with E-state index >= 15 is 0 Å². The van der Waals surface area contributed by atoms with Crippen molar-refractivity contribution in [1.82, 2.24) is 4.98 Å². The molecule has 120 valence electrons. The van der Waals surface area contributed by atoms with Gasteiger partial charge in [-0.3, -0.25) is 4.79 Å². The summed E-state index contributed by atoms with van der Waals surface area (Å²) in [6.45, 7) is 0.473. The number of Topliss-reactive ketones (excluding diaryl/α,β-unsaturated/α-hetero) is 1. The Balaban J connectivity index is 1.74. The zero-order valence-electron chi connectivity index (χ0n) is 12.5. The first kappa shape index (κ1) is 15.2. The third-order valence-corrected chi connectivity index (χ3v) is 5.35. The fourth-order valence-electron chi connectivity index (χ4n) is 2.91. The fourth-order valence-corrected chi connectivity index (χ4v) is 3.82. The number of phenols is 1. The minimum atomic E-state index is -0.369. The van der Waals surface area contributed by atoms with Crippen molar-refractivity contribution in [3.8, 4) is 16.2 Å². The van der Waals surface area contributed by atoms with Crippen molar-refractivity contribution in [3.63, 3.8) is 0 Å². The summed E-state index contributed by atoms with van der Waals surface area (Å²) in [5.41, 5.74) is 2.19. The molecule has 2 N–H and O–H groups in total. The summed E-state index contributed by atoms with van der Waals surface area (Å²) in [7, 11) is 0. The maximum atomic E-state index is 12.9. The summed E-state index contributed by atoms with van der Waals surface area (Å²) in [6.07, 6.45) is 1.81. The highest BCUT2D eigenvalue weighted by molar-refractivity contribution is 7.13. The first-order valence-electron chi connectivity index (χ1n) is 7.44. The van der Waals surface area contributed by atoms with E-state index < -0.39 is 0 Å². The number of aromatic hydroxyl groups is 1. The highest BCUT2D eigenvalue weighted by Gasteiger charge is 2.31. The van der Waals surface area contributed by atoms with E-state index in [-0.39, 0.29) is 17.5 Å². The fraction of sp³-hybridized carbons (Fsp3) is 0.111. The minimum Gasteiger partial charge on any atom is -0.508 e. The quantitative estimate of drug-likeness (QED) is 0.675. The van der Waals surface area contributed by atoms with E-state index in [1.807, 2.05) is 29.8 Å². The lowest BCUT2D eigenvalue weighted by molar-refractivity contribution is 0.0966. The van der Waals surface area contributed by atoms with E-state index in [9.17, 15) is 9.90 Å². The summed E-state index contributed by atoms with van der Waals surface area (Å²) >= 11 is 7.78. The number of thiophene rings is 1. The third kappa shape index (κ3) is 2.56. The van der Waals surface area contributed by atoms with Gasteiger partial charge in [0.05, 0.1) is 10.9 Å². The molecule has 0 saturated carbocycles. The molecular weight excluding hydrogens is 344 g/mol. The number of nitrogens with one attached hydrogen (secondary N) is 1. The predicted octanol–water partition coefficient (Wildman–Crippen LogP) is 4.56. The van der Waals surface area contributed by atoms with Crippen LogP contribution in [0.2, 0.25) is 5.02 Å². The number of rotatable bonds is 3. The van der Waals surface area contributed by atoms with Gasteiger partial charge in [-0.2, -0.15) is 0 Å². The molecule has 1 atom stereocenters. The number of carbonyl (C=O) groups excluding carboxylic acids is 1. The monoisotopic (exact) mass is 356 g/mol. The Kier molecular flexibility index (Phi) is 3.75. The highest BCUT2D eigenvalue weighted by atomic mass is 35.5. The zero-order valence-corrected chi connectivity index (χ0v) is 14.1. The molecule has 0 fully saturated rings. The third-order valence-electron chi connectivity index (χ3n) is 4.10. The number of anilines is 1. The average Bonchev–Trinajstić information content (AvgIpc) is 3.25. The first-order chi connectivity index (χ1) is 11.6. The van der Waals surface area contributed by atoms with Crippen LogP contribution in [0.5, 0.6) is 5.75 Å². The van der Waals surface area contributed by atoms with Gasteiger partial charge >= 0.3 is 0 Å². The van der Waals surface area contributed by atoms with Crippen LogP contribution >= 0.6 is 22.9 Å². The van der Waals surface area contributed by atoms with Gasteiger partial charge in [0.1, 0.15) is 11.6 Å². The topological polar surface area (TPSA) is 62.2 Å². The molecule has 0 spiro atoms. The molecular formula is C18H13ClN2O2S. The number of halogens is 1. The van der Waals surface area contributed by atoms with Crippen molar-refractivity contribution in [1.29, 1.82) is 0 Å². The van der Waals surface area contributed by atoms with Crippen LogP contribution in [0.4, 0.5) is 5.82 Å². The normalized spacial score (nSPS) is 15.8. The van der Waals surface area contributed by atoms with E-state index in [0.29, 0.717) is 17.1 Å². The smallest absolute Gasteiger partial charge is 0.173 e.